The van der Waals surface area contributed by atoms with Gasteiger partial charge in [0.1, 0.15) is 0 Å². The second-order valence-electron chi connectivity index (χ2n) is 3.11. The van der Waals surface area contributed by atoms with E-state index in [0.29, 0.717) is 0 Å². The zero-order valence-corrected chi connectivity index (χ0v) is 9.21. The summed E-state index contributed by atoms with van der Waals surface area (Å²) < 4.78 is 0. The molecule has 1 rings (SSSR count). The van der Waals surface area contributed by atoms with Crippen molar-refractivity contribution in [3.8, 4) is 0 Å². The van der Waals surface area contributed by atoms with Gasteiger partial charge in [0.2, 0.25) is 0 Å². The first-order chi connectivity index (χ1) is 5.79. The molecule has 0 radical (unpaired) electrons. The summed E-state index contributed by atoms with van der Waals surface area (Å²) in [5.41, 5.74) is 2.71. The molecule has 0 aromatic heterocycles. The molecule has 0 saturated carbocycles. The van der Waals surface area contributed by atoms with Crippen LogP contribution in [0, 0.1) is 6.92 Å². The molecule has 2 heteroatoms. The highest BCUT2D eigenvalue weighted by Crippen LogP contribution is 2.06. The van der Waals surface area contributed by atoms with Crippen LogP contribution >= 0.6 is 0 Å². The summed E-state index contributed by atoms with van der Waals surface area (Å²) >= 11 is 0. The lowest BCUT2D eigenvalue weighted by molar-refractivity contribution is 0.615. The summed E-state index contributed by atoms with van der Waals surface area (Å²) in [4.78, 5) is 9.15. The molecular weight excluding hydrogens is 164 g/mol. The third kappa shape index (κ3) is 1.96. The van der Waals surface area contributed by atoms with Crippen LogP contribution in [0.3, 0.4) is 0 Å². The maximum Gasteiger partial charge on any atom is 0.188 e. The highest BCUT2D eigenvalue weighted by atomic mass is 28.2. The van der Waals surface area contributed by atoms with Gasteiger partial charge in [0.25, 0.3) is 0 Å². The Morgan fingerprint density at radius 3 is 2.75 bits per heavy atom. The first kappa shape index (κ1) is 9.48. The van der Waals surface area contributed by atoms with Crippen molar-refractivity contribution in [1.82, 2.24) is 0 Å². The quantitative estimate of drug-likeness (QED) is 0.677. The Bertz CT molecular complexity index is 258. The van der Waals surface area contributed by atoms with Crippen LogP contribution in [0.15, 0.2) is 18.2 Å². The zero-order valence-electron chi connectivity index (χ0n) is 7.80. The molecule has 0 saturated heterocycles. The lowest BCUT2D eigenvalue weighted by atomic mass is 10.0. The van der Waals surface area contributed by atoms with E-state index in [0.717, 1.165) is 6.42 Å². The minimum atomic E-state index is -0.976. The molecule has 1 aromatic rings. The molecule has 0 atom stereocenters. The Morgan fingerprint density at radius 1 is 1.42 bits per heavy atom. The van der Waals surface area contributed by atoms with Crippen molar-refractivity contribution in [2.75, 3.05) is 0 Å². The lowest BCUT2D eigenvalue weighted by Gasteiger charge is -2.07. The topological polar surface area (TPSA) is 20.2 Å². The van der Waals surface area contributed by atoms with E-state index in [9.17, 15) is 0 Å². The van der Waals surface area contributed by atoms with Crippen LogP contribution in [0.25, 0.3) is 0 Å². The monoisotopic (exact) mass is 180 g/mol. The maximum atomic E-state index is 9.15. The number of aryl methyl sites for hydroxylation is 1. The molecule has 1 aromatic carbocycles. The maximum absolute atomic E-state index is 9.15. The van der Waals surface area contributed by atoms with E-state index in [1.165, 1.54) is 22.7 Å². The summed E-state index contributed by atoms with van der Waals surface area (Å²) in [6.07, 6.45) is 2.31. The molecule has 0 fully saturated rings. The third-order valence-corrected chi connectivity index (χ3v) is 3.35. The normalized spacial score (nSPS) is 11.2. The highest BCUT2D eigenvalue weighted by molar-refractivity contribution is 6.46. The van der Waals surface area contributed by atoms with E-state index in [2.05, 4.69) is 26.0 Å². The summed E-state index contributed by atoms with van der Waals surface area (Å²) in [7, 11) is -0.976. The van der Waals surface area contributed by atoms with Gasteiger partial charge in [-0.15, -0.1) is 0 Å². The average Bonchev–Trinajstić information content (AvgIpc) is 2.09. The fourth-order valence-electron chi connectivity index (χ4n) is 1.45. The lowest BCUT2D eigenvalue weighted by Crippen LogP contribution is -2.18. The molecule has 0 aliphatic rings. The van der Waals surface area contributed by atoms with Gasteiger partial charge in [-0.2, -0.15) is 0 Å². The largest absolute Gasteiger partial charge is 0.433 e. The molecule has 0 spiro atoms. The molecule has 1 N–H and O–H groups in total. The molecule has 0 bridgehead atoms. The van der Waals surface area contributed by atoms with E-state index in [4.69, 9.17) is 4.80 Å². The number of benzene rings is 1. The molecular formula is C10H16OSi. The van der Waals surface area contributed by atoms with E-state index < -0.39 is 9.76 Å². The molecule has 0 unspecified atom stereocenters. The first-order valence-corrected chi connectivity index (χ1v) is 5.81. The van der Waals surface area contributed by atoms with E-state index in [1.807, 2.05) is 6.07 Å². The Kier molecular flexibility index (Phi) is 3.50. The van der Waals surface area contributed by atoms with Crippen LogP contribution in [0.2, 0.25) is 0 Å². The van der Waals surface area contributed by atoms with Crippen molar-refractivity contribution < 1.29 is 4.80 Å². The van der Waals surface area contributed by atoms with Crippen LogP contribution in [0.1, 0.15) is 24.5 Å². The van der Waals surface area contributed by atoms with Crippen molar-refractivity contribution in [2.45, 2.75) is 26.7 Å². The standard InChI is InChI=1S/C10H16OSi/c1-3-5-9-6-4-7-10(12-11)8(9)2/h4,6-7,11H,3,5,12H2,1-2H3. The van der Waals surface area contributed by atoms with Gasteiger partial charge in [-0.3, -0.25) is 0 Å². The van der Waals surface area contributed by atoms with Gasteiger partial charge in [-0.1, -0.05) is 31.5 Å². The molecule has 0 aliphatic heterocycles. The van der Waals surface area contributed by atoms with Crippen LogP contribution < -0.4 is 5.19 Å². The molecule has 0 heterocycles. The number of rotatable bonds is 3. The zero-order chi connectivity index (χ0) is 8.97. The Labute approximate surface area is 76.4 Å². The predicted molar refractivity (Wildman–Crippen MR) is 55.6 cm³/mol. The molecule has 0 aliphatic carbocycles. The van der Waals surface area contributed by atoms with Gasteiger partial charge in [0, 0.05) is 0 Å². The fraction of sp³-hybridized carbons (Fsp3) is 0.400. The SMILES string of the molecule is CCCc1cccc([SiH2]O)c1C. The van der Waals surface area contributed by atoms with Crippen molar-refractivity contribution in [1.29, 1.82) is 0 Å². The molecule has 1 nitrogen and oxygen atoms in total. The number of hydrogen-bond donors (Lipinski definition) is 1. The van der Waals surface area contributed by atoms with Crippen LogP contribution in [0.5, 0.6) is 0 Å². The van der Waals surface area contributed by atoms with Crippen molar-refractivity contribution in [3.05, 3.63) is 29.3 Å². The molecule has 12 heavy (non-hydrogen) atoms. The third-order valence-electron chi connectivity index (χ3n) is 2.25. The predicted octanol–water partition coefficient (Wildman–Crippen LogP) is 0.649. The number of hydrogen-bond acceptors (Lipinski definition) is 1. The van der Waals surface area contributed by atoms with Gasteiger partial charge in [0.15, 0.2) is 9.76 Å². The second-order valence-corrected chi connectivity index (χ2v) is 4.19. The van der Waals surface area contributed by atoms with Crippen molar-refractivity contribution >= 4 is 14.9 Å². The first-order valence-electron chi connectivity index (χ1n) is 4.47. The van der Waals surface area contributed by atoms with Gasteiger partial charge >= 0.3 is 0 Å². The minimum Gasteiger partial charge on any atom is -0.433 e. The van der Waals surface area contributed by atoms with Crippen LogP contribution in [-0.4, -0.2) is 14.6 Å². The smallest absolute Gasteiger partial charge is 0.188 e. The van der Waals surface area contributed by atoms with Crippen LogP contribution in [0.4, 0.5) is 0 Å². The van der Waals surface area contributed by atoms with Gasteiger partial charge in [-0.25, -0.2) is 0 Å². The van der Waals surface area contributed by atoms with Crippen molar-refractivity contribution in [3.63, 3.8) is 0 Å². The summed E-state index contributed by atoms with van der Waals surface area (Å²) in [5.74, 6) is 0. The second kappa shape index (κ2) is 4.43. The fourth-order valence-corrected chi connectivity index (χ4v) is 2.15. The minimum absolute atomic E-state index is 0.976. The summed E-state index contributed by atoms with van der Waals surface area (Å²) in [6.45, 7) is 4.30. The summed E-state index contributed by atoms with van der Waals surface area (Å²) in [6, 6.07) is 6.25. The Hall–Kier alpha value is -0.603. The Morgan fingerprint density at radius 2 is 2.17 bits per heavy atom. The van der Waals surface area contributed by atoms with E-state index in [-0.39, 0.29) is 0 Å². The van der Waals surface area contributed by atoms with Gasteiger partial charge in [-0.05, 0) is 29.7 Å². The molecule has 66 valence electrons. The van der Waals surface area contributed by atoms with Crippen LogP contribution in [-0.2, 0) is 6.42 Å². The van der Waals surface area contributed by atoms with Crippen molar-refractivity contribution in [2.24, 2.45) is 0 Å². The van der Waals surface area contributed by atoms with E-state index >= 15 is 0 Å². The highest BCUT2D eigenvalue weighted by Gasteiger charge is 2.01. The van der Waals surface area contributed by atoms with Gasteiger partial charge < -0.3 is 4.80 Å². The van der Waals surface area contributed by atoms with Gasteiger partial charge in [0.05, 0.1) is 0 Å². The molecule has 0 amide bonds. The average molecular weight is 180 g/mol. The summed E-state index contributed by atoms with van der Waals surface area (Å²) in [5, 5.41) is 1.20. The van der Waals surface area contributed by atoms with E-state index in [1.54, 1.807) is 0 Å². The Balaban J connectivity index is 2.97.